The molecule has 2 heterocycles. The van der Waals surface area contributed by atoms with Crippen molar-refractivity contribution in [3.8, 4) is 0 Å². The van der Waals surface area contributed by atoms with Crippen molar-refractivity contribution in [2.24, 2.45) is 0 Å². The number of rotatable bonds is 8. The number of anilines is 2. The Bertz CT molecular complexity index is 838. The van der Waals surface area contributed by atoms with Gasteiger partial charge in [0.05, 0.1) is 5.56 Å². The van der Waals surface area contributed by atoms with E-state index in [2.05, 4.69) is 30.8 Å². The minimum absolute atomic E-state index is 0.173. The smallest absolute Gasteiger partial charge is 0.254 e. The van der Waals surface area contributed by atoms with Crippen molar-refractivity contribution in [3.05, 3.63) is 53.3 Å². The monoisotopic (exact) mass is 386 g/mol. The van der Waals surface area contributed by atoms with E-state index >= 15 is 0 Å². The highest BCUT2D eigenvalue weighted by Gasteiger charge is 2.07. The summed E-state index contributed by atoms with van der Waals surface area (Å²) in [6.07, 6.45) is 3.89. The van der Waals surface area contributed by atoms with Crippen LogP contribution in [0.1, 0.15) is 21.8 Å². The molecule has 9 heteroatoms. The third-order valence-electron chi connectivity index (χ3n) is 3.28. The first-order valence-corrected chi connectivity index (χ1v) is 9.86. The highest BCUT2D eigenvalue weighted by molar-refractivity contribution is 8.01. The molecule has 0 aliphatic rings. The molecule has 0 atom stereocenters. The third-order valence-corrected chi connectivity index (χ3v) is 5.34. The number of hydrogen-bond donors (Lipinski definition) is 2. The fourth-order valence-electron chi connectivity index (χ4n) is 2.03. The number of carbonyl (C=O) groups excluding carboxylic acids is 1. The normalized spacial score (nSPS) is 10.5. The molecule has 0 saturated heterocycles. The molecule has 134 valence electrons. The molecule has 0 aliphatic carbocycles. The van der Waals surface area contributed by atoms with E-state index in [-0.39, 0.29) is 5.91 Å². The van der Waals surface area contributed by atoms with Gasteiger partial charge in [-0.1, -0.05) is 41.3 Å². The van der Waals surface area contributed by atoms with E-state index in [1.54, 1.807) is 23.1 Å². The maximum atomic E-state index is 12.1. The van der Waals surface area contributed by atoms with Crippen molar-refractivity contribution in [2.75, 3.05) is 17.6 Å². The number of aryl methyl sites for hydroxylation is 1. The Kier molecular flexibility index (Phi) is 6.50. The number of para-hydroxylation sites is 1. The van der Waals surface area contributed by atoms with Crippen LogP contribution in [0.5, 0.6) is 0 Å². The van der Waals surface area contributed by atoms with Crippen LogP contribution in [0.25, 0.3) is 0 Å². The Hall–Kier alpha value is -2.52. The van der Waals surface area contributed by atoms with Gasteiger partial charge >= 0.3 is 0 Å². The molecule has 0 radical (unpaired) electrons. The second-order valence-electron chi connectivity index (χ2n) is 5.33. The summed E-state index contributed by atoms with van der Waals surface area (Å²) in [4.78, 5) is 20.5. The van der Waals surface area contributed by atoms with E-state index in [0.717, 1.165) is 27.2 Å². The first kappa shape index (κ1) is 18.3. The zero-order valence-corrected chi connectivity index (χ0v) is 15.8. The Morgan fingerprint density at radius 1 is 1.15 bits per heavy atom. The quantitative estimate of drug-likeness (QED) is 0.453. The van der Waals surface area contributed by atoms with Crippen LogP contribution in [0.3, 0.4) is 0 Å². The van der Waals surface area contributed by atoms with Gasteiger partial charge in [0.2, 0.25) is 5.95 Å². The van der Waals surface area contributed by atoms with Crippen molar-refractivity contribution in [1.29, 1.82) is 0 Å². The average molecular weight is 387 g/mol. The maximum absolute atomic E-state index is 12.1. The van der Waals surface area contributed by atoms with Gasteiger partial charge in [-0.15, -0.1) is 10.2 Å². The van der Waals surface area contributed by atoms with Crippen molar-refractivity contribution >= 4 is 40.6 Å². The lowest BCUT2D eigenvalue weighted by atomic mass is 10.3. The van der Waals surface area contributed by atoms with Gasteiger partial charge in [-0.05, 0) is 25.5 Å². The predicted molar refractivity (Wildman–Crippen MR) is 104 cm³/mol. The van der Waals surface area contributed by atoms with Crippen molar-refractivity contribution in [3.63, 3.8) is 0 Å². The number of aromatic nitrogens is 4. The van der Waals surface area contributed by atoms with E-state index < -0.39 is 0 Å². The molecular weight excluding hydrogens is 368 g/mol. The van der Waals surface area contributed by atoms with Crippen LogP contribution in [-0.2, 0) is 0 Å². The van der Waals surface area contributed by atoms with Crippen LogP contribution in [0.4, 0.5) is 11.6 Å². The summed E-state index contributed by atoms with van der Waals surface area (Å²) in [5, 5.41) is 15.0. The molecule has 26 heavy (non-hydrogen) atoms. The fourth-order valence-corrected chi connectivity index (χ4v) is 3.86. The summed E-state index contributed by atoms with van der Waals surface area (Å²) >= 11 is 3.23. The van der Waals surface area contributed by atoms with E-state index in [1.165, 1.54) is 12.4 Å². The lowest BCUT2D eigenvalue weighted by Crippen LogP contribution is -2.25. The lowest BCUT2D eigenvalue weighted by molar-refractivity contribution is 0.0953. The van der Waals surface area contributed by atoms with Gasteiger partial charge in [0.15, 0.2) is 4.34 Å². The Labute approximate surface area is 159 Å². The lowest BCUT2D eigenvalue weighted by Gasteiger charge is -2.06. The molecular formula is C17H18N6OS2. The molecule has 0 bridgehead atoms. The van der Waals surface area contributed by atoms with Crippen LogP contribution in [0, 0.1) is 6.92 Å². The molecule has 0 spiro atoms. The first-order chi connectivity index (χ1) is 12.7. The zero-order valence-electron chi connectivity index (χ0n) is 14.2. The van der Waals surface area contributed by atoms with E-state index in [9.17, 15) is 4.79 Å². The molecule has 7 nitrogen and oxygen atoms in total. The number of amides is 1. The minimum atomic E-state index is -0.173. The minimum Gasteiger partial charge on any atom is -0.352 e. The van der Waals surface area contributed by atoms with Gasteiger partial charge in [0.1, 0.15) is 5.01 Å². The molecule has 1 amide bonds. The van der Waals surface area contributed by atoms with Gasteiger partial charge in [-0.3, -0.25) is 4.79 Å². The molecule has 2 aromatic heterocycles. The van der Waals surface area contributed by atoms with Crippen molar-refractivity contribution < 1.29 is 4.79 Å². The Morgan fingerprint density at radius 3 is 2.62 bits per heavy atom. The standard InChI is InChI=1S/C17H18N6OS2/c1-12-22-23-17(26-12)25-9-5-8-18-15(24)13-10-19-16(20-11-13)21-14-6-3-2-4-7-14/h2-4,6-7,10-11H,5,8-9H2,1H3,(H,18,24)(H,19,20,21). The molecule has 2 N–H and O–H groups in total. The van der Waals surface area contributed by atoms with Crippen LogP contribution < -0.4 is 10.6 Å². The Balaban J connectivity index is 1.40. The van der Waals surface area contributed by atoms with Gasteiger partial charge in [0.25, 0.3) is 5.91 Å². The molecule has 0 aliphatic heterocycles. The first-order valence-electron chi connectivity index (χ1n) is 8.06. The number of thioether (sulfide) groups is 1. The van der Waals surface area contributed by atoms with Gasteiger partial charge in [-0.2, -0.15) is 0 Å². The molecule has 0 saturated carbocycles. The summed E-state index contributed by atoms with van der Waals surface area (Å²) in [6.45, 7) is 2.53. The summed E-state index contributed by atoms with van der Waals surface area (Å²) in [6, 6.07) is 9.63. The summed E-state index contributed by atoms with van der Waals surface area (Å²) in [5.41, 5.74) is 1.34. The van der Waals surface area contributed by atoms with Crippen LogP contribution >= 0.6 is 23.1 Å². The second kappa shape index (κ2) is 9.25. The van der Waals surface area contributed by atoms with Crippen LogP contribution in [0.15, 0.2) is 47.1 Å². The zero-order chi connectivity index (χ0) is 18.2. The van der Waals surface area contributed by atoms with Gasteiger partial charge in [-0.25, -0.2) is 9.97 Å². The SMILES string of the molecule is Cc1nnc(SCCCNC(=O)c2cnc(Nc3ccccc3)nc2)s1. The van der Waals surface area contributed by atoms with Crippen molar-refractivity contribution in [1.82, 2.24) is 25.5 Å². The van der Waals surface area contributed by atoms with Crippen molar-refractivity contribution in [2.45, 2.75) is 17.7 Å². The largest absolute Gasteiger partial charge is 0.352 e. The molecule has 3 aromatic rings. The maximum Gasteiger partial charge on any atom is 0.254 e. The number of benzene rings is 1. The van der Waals surface area contributed by atoms with Gasteiger partial charge < -0.3 is 10.6 Å². The van der Waals surface area contributed by atoms with E-state index in [1.807, 2.05) is 37.3 Å². The number of carbonyl (C=O) groups is 1. The summed E-state index contributed by atoms with van der Waals surface area (Å²) < 4.78 is 0.962. The van der Waals surface area contributed by atoms with E-state index in [0.29, 0.717) is 18.1 Å². The number of hydrogen-bond acceptors (Lipinski definition) is 8. The fraction of sp³-hybridized carbons (Fsp3) is 0.235. The van der Waals surface area contributed by atoms with Crippen LogP contribution in [0.2, 0.25) is 0 Å². The summed E-state index contributed by atoms with van der Waals surface area (Å²) in [7, 11) is 0. The number of nitrogens with one attached hydrogen (secondary N) is 2. The average Bonchev–Trinajstić information content (AvgIpc) is 3.08. The van der Waals surface area contributed by atoms with Gasteiger partial charge in [0, 0.05) is 30.4 Å². The Morgan fingerprint density at radius 2 is 1.92 bits per heavy atom. The molecule has 0 unspecified atom stereocenters. The molecule has 1 aromatic carbocycles. The highest BCUT2D eigenvalue weighted by Crippen LogP contribution is 2.22. The summed E-state index contributed by atoms with van der Waals surface area (Å²) in [5.74, 6) is 1.16. The van der Waals surface area contributed by atoms with Crippen LogP contribution in [-0.4, -0.2) is 38.4 Å². The second-order valence-corrected chi connectivity index (χ2v) is 7.85. The third kappa shape index (κ3) is 5.50. The van der Waals surface area contributed by atoms with E-state index in [4.69, 9.17) is 0 Å². The highest BCUT2D eigenvalue weighted by atomic mass is 32.2. The topological polar surface area (TPSA) is 92.7 Å². The molecule has 3 rings (SSSR count). The number of nitrogens with zero attached hydrogens (tertiary/aromatic N) is 4. The predicted octanol–water partition coefficient (Wildman–Crippen LogP) is 3.29. The molecule has 0 fully saturated rings.